The third-order valence-corrected chi connectivity index (χ3v) is 4.56. The number of hydrogen-bond donors (Lipinski definition) is 1. The molecule has 3 rings (SSSR count). The molecule has 7 heteroatoms. The number of aliphatic hydroxyl groups excluding tert-OH is 1. The molecule has 0 unspecified atom stereocenters. The molecule has 1 saturated carbocycles. The van der Waals surface area contributed by atoms with E-state index in [0.717, 1.165) is 0 Å². The Labute approximate surface area is 114 Å². The number of hydrogen-bond acceptors (Lipinski definition) is 4. The Hall–Kier alpha value is -0.660. The highest BCUT2D eigenvalue weighted by atomic mass is 79.9. The van der Waals surface area contributed by atoms with E-state index in [1.165, 1.54) is 11.3 Å². The predicted molar refractivity (Wildman–Crippen MR) is 67.7 cm³/mol. The number of fused-ring (bicyclic) bond motifs is 1. The quantitative estimate of drug-likeness (QED) is 0.913. The predicted octanol–water partition coefficient (Wildman–Crippen LogP) is 3.53. The first-order valence-electron chi connectivity index (χ1n) is 5.42. The first-order chi connectivity index (χ1) is 8.44. The maximum Gasteiger partial charge on any atom is 0.248 e. The topological polar surface area (TPSA) is 46.0 Å². The lowest BCUT2D eigenvalue weighted by Gasteiger charge is -2.37. The average molecular weight is 335 g/mol. The van der Waals surface area contributed by atoms with Crippen LogP contribution in [0.4, 0.5) is 8.78 Å². The maximum atomic E-state index is 12.8. The molecule has 0 amide bonds. The summed E-state index contributed by atoms with van der Waals surface area (Å²) in [6.07, 6.45) is 0.243. The van der Waals surface area contributed by atoms with Gasteiger partial charge < -0.3 is 5.11 Å². The summed E-state index contributed by atoms with van der Waals surface area (Å²) in [6, 6.07) is 1.72. The fraction of sp³-hybridized carbons (Fsp3) is 0.455. The van der Waals surface area contributed by atoms with Crippen molar-refractivity contribution < 1.29 is 13.9 Å². The molecule has 1 fully saturated rings. The summed E-state index contributed by atoms with van der Waals surface area (Å²) in [6.45, 7) is 0. The fourth-order valence-electron chi connectivity index (χ4n) is 2.12. The molecule has 18 heavy (non-hydrogen) atoms. The summed E-state index contributed by atoms with van der Waals surface area (Å²) in [5.41, 5.74) is 0.684. The van der Waals surface area contributed by atoms with E-state index >= 15 is 0 Å². The van der Waals surface area contributed by atoms with Crippen molar-refractivity contribution in [1.82, 2.24) is 9.97 Å². The van der Waals surface area contributed by atoms with Crippen molar-refractivity contribution in [3.63, 3.8) is 0 Å². The van der Waals surface area contributed by atoms with Crippen LogP contribution < -0.4 is 0 Å². The zero-order valence-electron chi connectivity index (χ0n) is 9.11. The van der Waals surface area contributed by atoms with Crippen molar-refractivity contribution in [2.45, 2.75) is 24.9 Å². The standard InChI is InChI=1S/C11H9BrF2N2OS/c12-8-4-15-6-1-7(18-10(6)16-8)9(17)5-2-11(13,14)3-5/h1,4-5,9,17H,2-3H2/t9-/m1/s1. The Kier molecular flexibility index (Phi) is 2.87. The highest BCUT2D eigenvalue weighted by Crippen LogP contribution is 2.49. The van der Waals surface area contributed by atoms with Crippen LogP contribution in [0, 0.1) is 5.92 Å². The van der Waals surface area contributed by atoms with Crippen LogP contribution in [0.3, 0.4) is 0 Å². The van der Waals surface area contributed by atoms with Crippen LogP contribution >= 0.6 is 27.3 Å². The summed E-state index contributed by atoms with van der Waals surface area (Å²) < 4.78 is 26.2. The first kappa shape index (κ1) is 12.4. The largest absolute Gasteiger partial charge is 0.387 e. The van der Waals surface area contributed by atoms with Crippen molar-refractivity contribution in [2.75, 3.05) is 0 Å². The number of rotatable bonds is 2. The van der Waals surface area contributed by atoms with Crippen LogP contribution in [-0.4, -0.2) is 21.0 Å². The number of nitrogens with zero attached hydrogens (tertiary/aromatic N) is 2. The van der Waals surface area contributed by atoms with Gasteiger partial charge in [-0.2, -0.15) is 0 Å². The van der Waals surface area contributed by atoms with Crippen LogP contribution in [0.5, 0.6) is 0 Å². The van der Waals surface area contributed by atoms with E-state index in [-0.39, 0.29) is 18.8 Å². The van der Waals surface area contributed by atoms with Gasteiger partial charge in [0, 0.05) is 23.6 Å². The lowest BCUT2D eigenvalue weighted by Crippen LogP contribution is -2.38. The van der Waals surface area contributed by atoms with Gasteiger partial charge in [0.05, 0.1) is 12.3 Å². The average Bonchev–Trinajstić information content (AvgIpc) is 2.67. The minimum Gasteiger partial charge on any atom is -0.387 e. The molecule has 1 aliphatic rings. The second-order valence-electron chi connectivity index (χ2n) is 4.50. The SMILES string of the molecule is O[C@@H](c1cc2ncc(Br)nc2s1)C1CC(F)(F)C1. The monoisotopic (exact) mass is 334 g/mol. The summed E-state index contributed by atoms with van der Waals surface area (Å²) >= 11 is 4.52. The number of aliphatic hydroxyl groups is 1. The van der Waals surface area contributed by atoms with Gasteiger partial charge >= 0.3 is 0 Å². The van der Waals surface area contributed by atoms with E-state index in [2.05, 4.69) is 25.9 Å². The lowest BCUT2D eigenvalue weighted by atomic mass is 9.77. The van der Waals surface area contributed by atoms with Crippen LogP contribution in [0.25, 0.3) is 10.3 Å². The van der Waals surface area contributed by atoms with Crippen LogP contribution in [0.15, 0.2) is 16.9 Å². The molecule has 0 bridgehead atoms. The minimum atomic E-state index is -2.61. The van der Waals surface area contributed by atoms with Gasteiger partial charge in [-0.25, -0.2) is 13.8 Å². The Bertz CT molecular complexity index is 596. The van der Waals surface area contributed by atoms with Gasteiger partial charge in [-0.15, -0.1) is 11.3 Å². The van der Waals surface area contributed by atoms with Gasteiger partial charge in [-0.05, 0) is 22.0 Å². The third-order valence-electron chi connectivity index (χ3n) is 3.09. The molecule has 1 aliphatic carbocycles. The Morgan fingerprint density at radius 3 is 2.89 bits per heavy atom. The number of thiophene rings is 1. The number of aromatic nitrogens is 2. The summed E-state index contributed by atoms with van der Waals surface area (Å²) in [5.74, 6) is -2.97. The van der Waals surface area contributed by atoms with E-state index in [1.807, 2.05) is 0 Å². The smallest absolute Gasteiger partial charge is 0.248 e. The molecule has 0 saturated heterocycles. The van der Waals surface area contributed by atoms with Crippen molar-refractivity contribution in [3.8, 4) is 0 Å². The van der Waals surface area contributed by atoms with E-state index < -0.39 is 12.0 Å². The number of halogens is 3. The Morgan fingerprint density at radius 1 is 1.50 bits per heavy atom. The van der Waals surface area contributed by atoms with Crippen molar-refractivity contribution >= 4 is 37.6 Å². The van der Waals surface area contributed by atoms with Gasteiger partial charge in [0.15, 0.2) is 0 Å². The first-order valence-corrected chi connectivity index (χ1v) is 7.03. The number of alkyl halides is 2. The molecule has 0 spiro atoms. The molecular weight excluding hydrogens is 326 g/mol. The van der Waals surface area contributed by atoms with Crippen molar-refractivity contribution in [1.29, 1.82) is 0 Å². The molecular formula is C11H9BrF2N2OS. The molecule has 2 aromatic heterocycles. The summed E-state index contributed by atoms with van der Waals surface area (Å²) in [4.78, 5) is 9.74. The van der Waals surface area contributed by atoms with Crippen molar-refractivity contribution in [2.24, 2.45) is 5.92 Å². The van der Waals surface area contributed by atoms with Gasteiger partial charge in [0.1, 0.15) is 15.0 Å². The minimum absolute atomic E-state index is 0.243. The van der Waals surface area contributed by atoms with Crippen LogP contribution in [0.1, 0.15) is 23.8 Å². The summed E-state index contributed by atoms with van der Waals surface area (Å²) in [7, 11) is 0. The second kappa shape index (κ2) is 4.18. The van der Waals surface area contributed by atoms with Crippen molar-refractivity contribution in [3.05, 3.63) is 21.7 Å². The molecule has 1 N–H and O–H groups in total. The highest BCUT2D eigenvalue weighted by molar-refractivity contribution is 9.10. The maximum absolute atomic E-state index is 12.8. The van der Waals surface area contributed by atoms with Gasteiger partial charge in [-0.3, -0.25) is 4.98 Å². The molecule has 3 nitrogen and oxygen atoms in total. The zero-order chi connectivity index (χ0) is 12.9. The van der Waals surface area contributed by atoms with Gasteiger partial charge in [0.25, 0.3) is 0 Å². The highest BCUT2D eigenvalue weighted by Gasteiger charge is 2.48. The molecule has 0 aromatic carbocycles. The second-order valence-corrected chi connectivity index (χ2v) is 6.38. The van der Waals surface area contributed by atoms with Crippen LogP contribution in [-0.2, 0) is 0 Å². The van der Waals surface area contributed by atoms with Gasteiger partial charge in [0.2, 0.25) is 5.92 Å². The normalized spacial score (nSPS) is 20.9. The van der Waals surface area contributed by atoms with Gasteiger partial charge in [-0.1, -0.05) is 0 Å². The zero-order valence-corrected chi connectivity index (χ0v) is 11.5. The molecule has 1 atom stereocenters. The van der Waals surface area contributed by atoms with E-state index in [9.17, 15) is 13.9 Å². The Balaban J connectivity index is 1.86. The third kappa shape index (κ3) is 2.15. The summed E-state index contributed by atoms with van der Waals surface area (Å²) in [5, 5.41) is 10.1. The Morgan fingerprint density at radius 2 is 2.22 bits per heavy atom. The van der Waals surface area contributed by atoms with Crippen LogP contribution in [0.2, 0.25) is 0 Å². The fourth-order valence-corrected chi connectivity index (χ4v) is 3.58. The molecule has 0 radical (unpaired) electrons. The lowest BCUT2D eigenvalue weighted by molar-refractivity contribution is -0.141. The molecule has 0 aliphatic heterocycles. The molecule has 96 valence electrons. The molecule has 2 heterocycles. The van der Waals surface area contributed by atoms with E-state index in [1.54, 1.807) is 12.3 Å². The molecule has 2 aromatic rings. The van der Waals surface area contributed by atoms with E-state index in [0.29, 0.717) is 19.8 Å². The van der Waals surface area contributed by atoms with E-state index in [4.69, 9.17) is 0 Å².